The van der Waals surface area contributed by atoms with Crippen LogP contribution in [0.1, 0.15) is 23.2 Å². The Balaban J connectivity index is 1.42. The highest BCUT2D eigenvalue weighted by molar-refractivity contribution is 6.33. The second-order valence-corrected chi connectivity index (χ2v) is 7.56. The van der Waals surface area contributed by atoms with E-state index in [4.69, 9.17) is 11.6 Å². The molecule has 0 radical (unpaired) electrons. The number of carbonyl (C=O) groups excluding carboxylic acids is 3. The summed E-state index contributed by atoms with van der Waals surface area (Å²) in [5.41, 5.74) is 2.86. The number of hydrogen-bond acceptors (Lipinski definition) is 3. The third-order valence-corrected chi connectivity index (χ3v) is 6.51. The molecule has 4 aliphatic rings. The average Bonchev–Trinajstić information content (AvgIpc) is 3.18. The zero-order chi connectivity index (χ0) is 16.6. The van der Waals surface area contributed by atoms with E-state index in [1.165, 1.54) is 0 Å². The average molecular weight is 343 g/mol. The summed E-state index contributed by atoms with van der Waals surface area (Å²) in [5.74, 6) is -1.45. The Morgan fingerprint density at radius 2 is 1.67 bits per heavy atom. The van der Waals surface area contributed by atoms with Gasteiger partial charge < -0.3 is 0 Å². The van der Waals surface area contributed by atoms with Gasteiger partial charge in [-0.2, -0.15) is 5.01 Å². The largest absolute Gasteiger partial charge is 0.272 e. The third-order valence-electron chi connectivity index (χ3n) is 6.18. The molecule has 5 nitrogen and oxygen atoms in total. The first-order valence-electron chi connectivity index (χ1n) is 8.16. The second kappa shape index (κ2) is 4.48. The summed E-state index contributed by atoms with van der Waals surface area (Å²) in [6, 6.07) is 6.56. The highest BCUT2D eigenvalue weighted by Gasteiger charge is 2.73. The predicted molar refractivity (Wildman–Crippen MR) is 85.5 cm³/mol. The van der Waals surface area contributed by atoms with E-state index in [0.717, 1.165) is 17.9 Å². The molecule has 1 aromatic carbocycles. The SMILES string of the molecule is O=C(NN1C(=O)[C@@H]2[C@@H](C1=O)[C@H]1C=C[C@H]2C12CC2)c1ccccc1Cl. The molecule has 2 bridgehead atoms. The molecular formula is C18H15ClN2O3. The van der Waals surface area contributed by atoms with Crippen LogP contribution in [0.4, 0.5) is 0 Å². The molecule has 1 aliphatic heterocycles. The third kappa shape index (κ3) is 1.58. The molecule has 24 heavy (non-hydrogen) atoms. The van der Waals surface area contributed by atoms with Crippen molar-refractivity contribution in [2.45, 2.75) is 12.8 Å². The van der Waals surface area contributed by atoms with E-state index in [1.807, 2.05) is 0 Å². The molecule has 1 spiro atoms. The highest BCUT2D eigenvalue weighted by Crippen LogP contribution is 2.73. The quantitative estimate of drug-likeness (QED) is 0.661. The van der Waals surface area contributed by atoms with Gasteiger partial charge in [0, 0.05) is 0 Å². The first-order valence-corrected chi connectivity index (χ1v) is 8.54. The van der Waals surface area contributed by atoms with E-state index in [2.05, 4.69) is 17.6 Å². The summed E-state index contributed by atoms with van der Waals surface area (Å²) >= 11 is 6.02. The van der Waals surface area contributed by atoms with Gasteiger partial charge in [0.1, 0.15) is 0 Å². The van der Waals surface area contributed by atoms with E-state index < -0.39 is 5.91 Å². The molecule has 5 rings (SSSR count). The maximum Gasteiger partial charge on any atom is 0.271 e. The predicted octanol–water partition coefficient (Wildman–Crippen LogP) is 2.18. The van der Waals surface area contributed by atoms with Gasteiger partial charge in [-0.05, 0) is 42.2 Å². The normalized spacial score (nSPS) is 34.1. The number of carbonyl (C=O) groups is 3. The number of nitrogens with one attached hydrogen (secondary N) is 1. The number of amides is 3. The van der Waals surface area contributed by atoms with Crippen molar-refractivity contribution in [3.05, 3.63) is 47.0 Å². The Morgan fingerprint density at radius 1 is 1.08 bits per heavy atom. The van der Waals surface area contributed by atoms with Crippen molar-refractivity contribution < 1.29 is 14.4 Å². The molecule has 6 heteroatoms. The van der Waals surface area contributed by atoms with E-state index in [9.17, 15) is 14.4 Å². The van der Waals surface area contributed by atoms with Crippen molar-refractivity contribution in [1.82, 2.24) is 10.4 Å². The van der Waals surface area contributed by atoms with Crippen molar-refractivity contribution in [1.29, 1.82) is 0 Å². The first-order chi connectivity index (χ1) is 11.5. The lowest BCUT2D eigenvalue weighted by atomic mass is 9.85. The van der Waals surface area contributed by atoms with Crippen molar-refractivity contribution in [3.63, 3.8) is 0 Å². The van der Waals surface area contributed by atoms with Crippen molar-refractivity contribution in [2.24, 2.45) is 29.1 Å². The summed E-state index contributed by atoms with van der Waals surface area (Å²) < 4.78 is 0. The van der Waals surface area contributed by atoms with Crippen LogP contribution in [0.15, 0.2) is 36.4 Å². The van der Waals surface area contributed by atoms with Crippen LogP contribution in [0.5, 0.6) is 0 Å². The van der Waals surface area contributed by atoms with E-state index >= 15 is 0 Å². The van der Waals surface area contributed by atoms with Gasteiger partial charge in [-0.3, -0.25) is 19.8 Å². The fourth-order valence-electron chi connectivity index (χ4n) is 5.00. The minimum absolute atomic E-state index is 0.145. The second-order valence-electron chi connectivity index (χ2n) is 7.15. The summed E-state index contributed by atoms with van der Waals surface area (Å²) in [6.45, 7) is 0. The number of imide groups is 1. The van der Waals surface area contributed by atoms with Crippen LogP contribution in [-0.2, 0) is 9.59 Å². The lowest BCUT2D eigenvalue weighted by Crippen LogP contribution is -2.48. The number of fused-ring (bicyclic) bond motifs is 3. The van der Waals surface area contributed by atoms with Crippen LogP contribution in [-0.4, -0.2) is 22.7 Å². The lowest BCUT2D eigenvalue weighted by molar-refractivity contribution is -0.144. The maximum atomic E-state index is 12.8. The Labute approximate surface area is 143 Å². The van der Waals surface area contributed by atoms with E-state index in [1.54, 1.807) is 24.3 Å². The number of rotatable bonds is 2. The number of benzene rings is 1. The molecule has 1 heterocycles. The molecule has 4 atom stereocenters. The van der Waals surface area contributed by atoms with Gasteiger partial charge >= 0.3 is 0 Å². The van der Waals surface area contributed by atoms with Crippen LogP contribution >= 0.6 is 11.6 Å². The molecule has 2 saturated carbocycles. The summed E-state index contributed by atoms with van der Waals surface area (Å²) in [7, 11) is 0. The van der Waals surface area contributed by atoms with Gasteiger partial charge in [-0.1, -0.05) is 35.9 Å². The standard InChI is InChI=1S/C18H15ClN2O3/c19-12-4-2-1-3-9(12)15(22)20-21-16(23)13-10-5-6-11(14(13)17(21)24)18(10)7-8-18/h1-6,10-11,13-14H,7-8H2,(H,20,22)/t10-,11-,13+,14+/m1/s1. The number of halogens is 1. The van der Waals surface area contributed by atoms with Crippen LogP contribution < -0.4 is 5.43 Å². The van der Waals surface area contributed by atoms with Gasteiger partial charge in [-0.25, -0.2) is 0 Å². The molecular weight excluding hydrogens is 328 g/mol. The van der Waals surface area contributed by atoms with Crippen molar-refractivity contribution in [2.75, 3.05) is 0 Å². The Bertz CT molecular complexity index is 795. The molecule has 1 N–H and O–H groups in total. The Hall–Kier alpha value is -2.14. The minimum atomic E-state index is -0.538. The summed E-state index contributed by atoms with van der Waals surface area (Å²) in [6.07, 6.45) is 6.39. The van der Waals surface area contributed by atoms with Crippen molar-refractivity contribution >= 4 is 29.3 Å². The Kier molecular flexibility index (Phi) is 2.65. The molecule has 3 aliphatic carbocycles. The smallest absolute Gasteiger partial charge is 0.271 e. The van der Waals surface area contributed by atoms with Crippen LogP contribution in [0.25, 0.3) is 0 Å². The highest BCUT2D eigenvalue weighted by atomic mass is 35.5. The topological polar surface area (TPSA) is 66.5 Å². The fraction of sp³-hybridized carbons (Fsp3) is 0.389. The van der Waals surface area contributed by atoms with E-state index in [-0.39, 0.29) is 51.5 Å². The summed E-state index contributed by atoms with van der Waals surface area (Å²) in [4.78, 5) is 37.9. The van der Waals surface area contributed by atoms with Crippen molar-refractivity contribution in [3.8, 4) is 0 Å². The fourth-order valence-corrected chi connectivity index (χ4v) is 5.22. The zero-order valence-electron chi connectivity index (χ0n) is 12.7. The number of hydrazine groups is 1. The molecule has 1 aromatic rings. The lowest BCUT2D eigenvalue weighted by Gasteiger charge is -2.22. The minimum Gasteiger partial charge on any atom is -0.272 e. The first kappa shape index (κ1) is 14.2. The maximum absolute atomic E-state index is 12.8. The number of hydrogen-bond donors (Lipinski definition) is 1. The number of allylic oxidation sites excluding steroid dienone is 2. The van der Waals surface area contributed by atoms with Crippen LogP contribution in [0.2, 0.25) is 5.02 Å². The monoisotopic (exact) mass is 342 g/mol. The van der Waals surface area contributed by atoms with Gasteiger partial charge in [-0.15, -0.1) is 0 Å². The molecule has 3 amide bonds. The molecule has 3 fully saturated rings. The molecule has 0 aromatic heterocycles. The molecule has 1 saturated heterocycles. The van der Waals surface area contributed by atoms with Gasteiger partial charge in [0.15, 0.2) is 0 Å². The van der Waals surface area contributed by atoms with Gasteiger partial charge in [0.25, 0.3) is 17.7 Å². The Morgan fingerprint density at radius 3 is 2.21 bits per heavy atom. The molecule has 122 valence electrons. The van der Waals surface area contributed by atoms with Crippen LogP contribution in [0.3, 0.4) is 0 Å². The molecule has 0 unspecified atom stereocenters. The van der Waals surface area contributed by atoms with Crippen LogP contribution in [0, 0.1) is 29.1 Å². The van der Waals surface area contributed by atoms with E-state index in [0.29, 0.717) is 0 Å². The summed E-state index contributed by atoms with van der Waals surface area (Å²) in [5, 5.41) is 1.21. The zero-order valence-corrected chi connectivity index (χ0v) is 13.5. The van der Waals surface area contributed by atoms with Gasteiger partial charge in [0.2, 0.25) is 0 Å². The van der Waals surface area contributed by atoms with Gasteiger partial charge in [0.05, 0.1) is 22.4 Å². The number of nitrogens with zero attached hydrogens (tertiary/aromatic N) is 1.